The summed E-state index contributed by atoms with van der Waals surface area (Å²) in [5, 5.41) is 0. The van der Waals surface area contributed by atoms with E-state index in [0.29, 0.717) is 17.4 Å². The number of rotatable bonds is 2. The third-order valence-corrected chi connectivity index (χ3v) is 3.71. The lowest BCUT2D eigenvalue weighted by Gasteiger charge is -2.29. The van der Waals surface area contributed by atoms with Crippen molar-refractivity contribution in [3.05, 3.63) is 46.5 Å². The van der Waals surface area contributed by atoms with E-state index >= 15 is 0 Å². The summed E-state index contributed by atoms with van der Waals surface area (Å²) >= 11 is 0. The van der Waals surface area contributed by atoms with Gasteiger partial charge in [0.2, 0.25) is 0 Å². The second-order valence-corrected chi connectivity index (χ2v) is 5.34. The fourth-order valence-corrected chi connectivity index (χ4v) is 2.72. The van der Waals surface area contributed by atoms with Gasteiger partial charge in [-0.3, -0.25) is 9.78 Å². The fraction of sp³-hybridized carbons (Fsp3) is 0.400. The smallest absolute Gasteiger partial charge is 0.251 e. The number of likely N-dealkylation sites (tertiary alicyclic amines) is 1. The van der Waals surface area contributed by atoms with E-state index in [2.05, 4.69) is 26.9 Å². The van der Waals surface area contributed by atoms with E-state index in [4.69, 9.17) is 0 Å². The van der Waals surface area contributed by atoms with Crippen LogP contribution in [0.3, 0.4) is 0 Å². The molecule has 1 aliphatic rings. The first kappa shape index (κ1) is 13.0. The molecule has 0 aliphatic carbocycles. The Morgan fingerprint density at radius 3 is 3.05 bits per heavy atom. The second-order valence-electron chi connectivity index (χ2n) is 5.34. The van der Waals surface area contributed by atoms with Crippen LogP contribution in [0, 0.1) is 0 Å². The minimum Gasteiger partial charge on any atom is -0.306 e. The van der Waals surface area contributed by atoms with Gasteiger partial charge in [-0.05, 0) is 38.6 Å². The first-order valence-corrected chi connectivity index (χ1v) is 6.93. The predicted octanol–water partition coefficient (Wildman–Crippen LogP) is 1.64. The number of H-pyrrole nitrogens is 1. The largest absolute Gasteiger partial charge is 0.306 e. The molecule has 0 bridgehead atoms. The number of pyridine rings is 1. The Bertz CT molecular complexity index is 638. The zero-order valence-electron chi connectivity index (χ0n) is 11.5. The maximum absolute atomic E-state index is 11.9. The van der Waals surface area contributed by atoms with E-state index in [1.54, 1.807) is 12.3 Å². The quantitative estimate of drug-likeness (QED) is 0.901. The molecule has 1 unspecified atom stereocenters. The molecule has 3 rings (SSSR count). The SMILES string of the molecule is CN1CCCC(c2cc(=O)[nH]c(-c3ccccn3)n2)C1. The van der Waals surface area contributed by atoms with Crippen molar-refractivity contribution in [2.24, 2.45) is 0 Å². The summed E-state index contributed by atoms with van der Waals surface area (Å²) in [5.74, 6) is 0.889. The summed E-state index contributed by atoms with van der Waals surface area (Å²) in [6.07, 6.45) is 3.94. The Morgan fingerprint density at radius 2 is 2.30 bits per heavy atom. The molecule has 0 aromatic carbocycles. The summed E-state index contributed by atoms with van der Waals surface area (Å²) in [6.45, 7) is 2.07. The van der Waals surface area contributed by atoms with Gasteiger partial charge >= 0.3 is 0 Å². The summed E-state index contributed by atoms with van der Waals surface area (Å²) < 4.78 is 0. The third kappa shape index (κ3) is 2.77. The van der Waals surface area contributed by atoms with Gasteiger partial charge in [0.1, 0.15) is 5.69 Å². The first-order chi connectivity index (χ1) is 9.72. The minimum absolute atomic E-state index is 0.108. The van der Waals surface area contributed by atoms with Gasteiger partial charge in [0.15, 0.2) is 5.82 Å². The van der Waals surface area contributed by atoms with Gasteiger partial charge in [-0.2, -0.15) is 0 Å². The molecule has 5 nitrogen and oxygen atoms in total. The monoisotopic (exact) mass is 270 g/mol. The molecule has 1 fully saturated rings. The standard InChI is InChI=1S/C15H18N4O/c1-19-8-4-5-11(10-19)13-9-14(20)18-15(17-13)12-6-2-3-7-16-12/h2-3,6-7,9,11H,4-5,8,10H2,1H3,(H,17,18,20). The topological polar surface area (TPSA) is 61.9 Å². The molecule has 0 radical (unpaired) electrons. The van der Waals surface area contributed by atoms with E-state index in [0.717, 1.165) is 31.6 Å². The Hall–Kier alpha value is -2.01. The molecular formula is C15H18N4O. The highest BCUT2D eigenvalue weighted by Gasteiger charge is 2.21. The Morgan fingerprint density at radius 1 is 1.40 bits per heavy atom. The van der Waals surface area contributed by atoms with Crippen molar-refractivity contribution in [1.29, 1.82) is 0 Å². The molecule has 20 heavy (non-hydrogen) atoms. The number of hydrogen-bond donors (Lipinski definition) is 1. The van der Waals surface area contributed by atoms with Crippen LogP contribution in [0.15, 0.2) is 35.3 Å². The number of likely N-dealkylation sites (N-methyl/N-ethyl adjacent to an activating group) is 1. The Labute approximate surface area is 117 Å². The van der Waals surface area contributed by atoms with Crippen molar-refractivity contribution in [3.63, 3.8) is 0 Å². The van der Waals surface area contributed by atoms with Crippen LogP contribution in [0.2, 0.25) is 0 Å². The van der Waals surface area contributed by atoms with Crippen LogP contribution in [-0.4, -0.2) is 40.0 Å². The number of nitrogens with zero attached hydrogens (tertiary/aromatic N) is 3. The minimum atomic E-state index is -0.108. The average molecular weight is 270 g/mol. The van der Waals surface area contributed by atoms with Crippen molar-refractivity contribution in [1.82, 2.24) is 19.9 Å². The van der Waals surface area contributed by atoms with E-state index < -0.39 is 0 Å². The molecule has 5 heteroatoms. The summed E-state index contributed by atoms with van der Waals surface area (Å²) in [4.78, 5) is 25.8. The lowest BCUT2D eigenvalue weighted by molar-refractivity contribution is 0.248. The second kappa shape index (κ2) is 5.54. The third-order valence-electron chi connectivity index (χ3n) is 3.71. The van der Waals surface area contributed by atoms with Crippen LogP contribution in [0.4, 0.5) is 0 Å². The average Bonchev–Trinajstić information content (AvgIpc) is 2.47. The Kier molecular flexibility index (Phi) is 3.60. The molecule has 0 saturated carbocycles. The zero-order valence-corrected chi connectivity index (χ0v) is 11.5. The van der Waals surface area contributed by atoms with Crippen LogP contribution in [0.25, 0.3) is 11.5 Å². The number of nitrogens with one attached hydrogen (secondary N) is 1. The van der Waals surface area contributed by atoms with Crippen LogP contribution in [-0.2, 0) is 0 Å². The van der Waals surface area contributed by atoms with Crippen LogP contribution in [0.1, 0.15) is 24.5 Å². The van der Waals surface area contributed by atoms with Crippen molar-refractivity contribution < 1.29 is 0 Å². The van der Waals surface area contributed by atoms with Crippen molar-refractivity contribution >= 4 is 0 Å². The van der Waals surface area contributed by atoms with Gasteiger partial charge in [-0.1, -0.05) is 6.07 Å². The molecular weight excluding hydrogens is 252 g/mol. The summed E-state index contributed by atoms with van der Waals surface area (Å²) in [7, 11) is 2.11. The molecule has 2 aromatic heterocycles. The fourth-order valence-electron chi connectivity index (χ4n) is 2.72. The van der Waals surface area contributed by atoms with Crippen molar-refractivity contribution in [2.45, 2.75) is 18.8 Å². The number of aromatic nitrogens is 3. The zero-order chi connectivity index (χ0) is 13.9. The predicted molar refractivity (Wildman–Crippen MR) is 77.6 cm³/mol. The maximum Gasteiger partial charge on any atom is 0.251 e. The number of hydrogen-bond acceptors (Lipinski definition) is 4. The van der Waals surface area contributed by atoms with E-state index in [-0.39, 0.29) is 5.56 Å². The highest BCUT2D eigenvalue weighted by molar-refractivity contribution is 5.48. The number of piperidine rings is 1. The molecule has 3 heterocycles. The normalized spacial score (nSPS) is 19.9. The van der Waals surface area contributed by atoms with Crippen LogP contribution < -0.4 is 5.56 Å². The highest BCUT2D eigenvalue weighted by Crippen LogP contribution is 2.24. The molecule has 1 N–H and O–H groups in total. The lowest BCUT2D eigenvalue weighted by Crippen LogP contribution is -2.31. The summed E-state index contributed by atoms with van der Waals surface area (Å²) in [5.41, 5.74) is 1.47. The molecule has 1 aliphatic heterocycles. The Balaban J connectivity index is 1.97. The van der Waals surface area contributed by atoms with Crippen LogP contribution >= 0.6 is 0 Å². The molecule has 104 valence electrons. The van der Waals surface area contributed by atoms with Gasteiger partial charge in [0, 0.05) is 24.7 Å². The van der Waals surface area contributed by atoms with Gasteiger partial charge in [0.25, 0.3) is 5.56 Å². The van der Waals surface area contributed by atoms with Crippen LogP contribution in [0.5, 0.6) is 0 Å². The first-order valence-electron chi connectivity index (χ1n) is 6.93. The molecule has 1 atom stereocenters. The van der Waals surface area contributed by atoms with E-state index in [1.165, 1.54) is 0 Å². The van der Waals surface area contributed by atoms with Gasteiger partial charge in [-0.15, -0.1) is 0 Å². The number of aromatic amines is 1. The summed E-state index contributed by atoms with van der Waals surface area (Å²) in [6, 6.07) is 7.22. The van der Waals surface area contributed by atoms with E-state index in [1.807, 2.05) is 18.2 Å². The molecule has 0 spiro atoms. The van der Waals surface area contributed by atoms with Crippen molar-refractivity contribution in [3.8, 4) is 11.5 Å². The molecule has 1 saturated heterocycles. The van der Waals surface area contributed by atoms with Gasteiger partial charge in [-0.25, -0.2) is 4.98 Å². The van der Waals surface area contributed by atoms with Crippen molar-refractivity contribution in [2.75, 3.05) is 20.1 Å². The van der Waals surface area contributed by atoms with E-state index in [9.17, 15) is 4.79 Å². The maximum atomic E-state index is 11.9. The van der Waals surface area contributed by atoms with Gasteiger partial charge in [0.05, 0.1) is 5.69 Å². The molecule has 0 amide bonds. The lowest BCUT2D eigenvalue weighted by atomic mass is 9.95. The van der Waals surface area contributed by atoms with Gasteiger partial charge < -0.3 is 9.88 Å². The molecule has 2 aromatic rings. The highest BCUT2D eigenvalue weighted by atomic mass is 16.1.